The van der Waals surface area contributed by atoms with Crippen molar-refractivity contribution < 1.29 is 25.2 Å². The SMILES string of the molecule is CCCCCCCCCCCCCC/C=C\CCCCCCCCCCCCCCCCCCC(O)C(=O)NC(CO)C(O)C(O)CCC/C=C/CC/C=C/CCCCCCCCCCCCCCCCCCCCCCCC. The fourth-order valence-corrected chi connectivity index (χ4v) is 11.5. The van der Waals surface area contributed by atoms with E-state index in [9.17, 15) is 25.2 Å². The Morgan fingerprint density at radius 3 is 0.797 bits per heavy atom. The molecule has 0 aromatic carbocycles. The lowest BCUT2D eigenvalue weighted by Gasteiger charge is -2.27. The van der Waals surface area contributed by atoms with Gasteiger partial charge in [0.05, 0.1) is 18.8 Å². The van der Waals surface area contributed by atoms with Crippen molar-refractivity contribution in [1.82, 2.24) is 5.32 Å². The van der Waals surface area contributed by atoms with Crippen LogP contribution in [0.1, 0.15) is 393 Å². The molecule has 0 bridgehead atoms. The van der Waals surface area contributed by atoms with Crippen molar-refractivity contribution in [2.45, 2.75) is 417 Å². The quantitative estimate of drug-likeness (QED) is 0.0308. The van der Waals surface area contributed by atoms with Crippen molar-refractivity contribution in [3.05, 3.63) is 36.5 Å². The number of rotatable bonds is 67. The fraction of sp³-hybridized carbons (Fsp3) is 0.904. The van der Waals surface area contributed by atoms with Gasteiger partial charge in [0.25, 0.3) is 0 Å². The number of hydrogen-bond acceptors (Lipinski definition) is 5. The summed E-state index contributed by atoms with van der Waals surface area (Å²) in [5, 5.41) is 44.2. The molecule has 0 saturated carbocycles. The zero-order valence-electron chi connectivity index (χ0n) is 53.4. The van der Waals surface area contributed by atoms with Crippen LogP contribution in [0.5, 0.6) is 0 Å². The van der Waals surface area contributed by atoms with Gasteiger partial charge in [0.15, 0.2) is 0 Å². The van der Waals surface area contributed by atoms with E-state index < -0.39 is 36.9 Å². The Morgan fingerprint density at radius 2 is 0.532 bits per heavy atom. The summed E-state index contributed by atoms with van der Waals surface area (Å²) in [4.78, 5) is 12.7. The highest BCUT2D eigenvalue weighted by Crippen LogP contribution is 2.19. The van der Waals surface area contributed by atoms with E-state index in [1.807, 2.05) is 0 Å². The van der Waals surface area contributed by atoms with Gasteiger partial charge in [-0.3, -0.25) is 4.79 Å². The molecule has 0 rings (SSSR count). The third-order valence-corrected chi connectivity index (χ3v) is 17.1. The highest BCUT2D eigenvalue weighted by Gasteiger charge is 2.28. The summed E-state index contributed by atoms with van der Waals surface area (Å²) >= 11 is 0. The van der Waals surface area contributed by atoms with Crippen molar-refractivity contribution >= 4 is 5.91 Å². The normalized spacial score (nSPS) is 13.6. The summed E-state index contributed by atoms with van der Waals surface area (Å²) in [5.41, 5.74) is 0. The van der Waals surface area contributed by atoms with Crippen LogP contribution in [-0.2, 0) is 4.79 Å². The van der Waals surface area contributed by atoms with Gasteiger partial charge in [0, 0.05) is 0 Å². The molecule has 0 fully saturated rings. The maximum Gasteiger partial charge on any atom is 0.249 e. The van der Waals surface area contributed by atoms with Crippen LogP contribution in [-0.4, -0.2) is 57.3 Å². The number of aliphatic hydroxyl groups is 4. The number of aliphatic hydroxyl groups excluding tert-OH is 4. The molecule has 1 amide bonds. The average Bonchev–Trinajstić information content (AvgIpc) is 3.45. The van der Waals surface area contributed by atoms with Crippen molar-refractivity contribution in [2.75, 3.05) is 6.61 Å². The molecule has 6 nitrogen and oxygen atoms in total. The van der Waals surface area contributed by atoms with Gasteiger partial charge < -0.3 is 25.7 Å². The molecule has 0 aromatic rings. The standard InChI is InChI=1S/C73H141NO5/c1-3-5-7-9-11-13-15-17-19-21-23-25-27-29-31-33-35-37-39-41-43-45-47-49-51-53-55-57-59-61-63-65-67-71(77)73(79)74-69(68-75)72(78)70(76)66-64-62-60-58-56-54-52-50-48-46-44-42-40-38-36-34-32-30-28-26-24-22-20-18-16-14-12-10-8-6-4-2/h29,31,50,52,58,60,69-72,75-78H,3-28,30,32-49,51,53-57,59,61-68H2,1-2H3,(H,74,79)/b31-29-,52-50+,60-58+. The minimum Gasteiger partial charge on any atom is -0.394 e. The number of hydrogen-bond donors (Lipinski definition) is 5. The van der Waals surface area contributed by atoms with Crippen molar-refractivity contribution in [3.8, 4) is 0 Å². The van der Waals surface area contributed by atoms with Gasteiger partial charge in [-0.1, -0.05) is 352 Å². The second-order valence-electron chi connectivity index (χ2n) is 24.9. The van der Waals surface area contributed by atoms with Gasteiger partial charge in [-0.05, 0) is 77.0 Å². The molecule has 4 unspecified atom stereocenters. The van der Waals surface area contributed by atoms with Gasteiger partial charge in [0.2, 0.25) is 5.91 Å². The first-order chi connectivity index (χ1) is 39.0. The molecule has 79 heavy (non-hydrogen) atoms. The molecule has 4 atom stereocenters. The number of amides is 1. The predicted molar refractivity (Wildman–Crippen MR) is 348 cm³/mol. The molecule has 468 valence electrons. The number of unbranched alkanes of at least 4 members (excludes halogenated alkanes) is 52. The Labute approximate surface area is 494 Å². The van der Waals surface area contributed by atoms with Gasteiger partial charge in [-0.2, -0.15) is 0 Å². The van der Waals surface area contributed by atoms with Crippen LogP contribution in [0.15, 0.2) is 36.5 Å². The van der Waals surface area contributed by atoms with Crippen LogP contribution >= 0.6 is 0 Å². The molecule has 6 heteroatoms. The molecule has 5 N–H and O–H groups in total. The zero-order chi connectivity index (χ0) is 57.3. The van der Waals surface area contributed by atoms with Crippen LogP contribution in [0.3, 0.4) is 0 Å². The van der Waals surface area contributed by atoms with Gasteiger partial charge in [-0.15, -0.1) is 0 Å². The first-order valence-electron chi connectivity index (χ1n) is 35.9. The maximum atomic E-state index is 12.7. The second kappa shape index (κ2) is 67.3. The Bertz CT molecular complexity index is 1250. The average molecular weight is 1110 g/mol. The van der Waals surface area contributed by atoms with Crippen LogP contribution < -0.4 is 5.32 Å². The minimum absolute atomic E-state index is 0.362. The molecule has 0 spiro atoms. The van der Waals surface area contributed by atoms with E-state index in [0.717, 1.165) is 38.5 Å². The largest absolute Gasteiger partial charge is 0.394 e. The van der Waals surface area contributed by atoms with Crippen LogP contribution in [0.4, 0.5) is 0 Å². The molecule has 0 radical (unpaired) electrons. The van der Waals surface area contributed by atoms with Gasteiger partial charge in [0.1, 0.15) is 12.2 Å². The molecule has 0 aliphatic rings. The third-order valence-electron chi connectivity index (χ3n) is 17.1. The molecular weight excluding hydrogens is 971 g/mol. The Hall–Kier alpha value is -1.47. The lowest BCUT2D eigenvalue weighted by atomic mass is 10.00. The summed E-state index contributed by atoms with van der Waals surface area (Å²) in [6.07, 6.45) is 87.1. The van der Waals surface area contributed by atoms with E-state index in [0.29, 0.717) is 19.3 Å². The summed E-state index contributed by atoms with van der Waals surface area (Å²) in [5.74, 6) is -0.591. The number of nitrogens with one attached hydrogen (secondary N) is 1. The van der Waals surface area contributed by atoms with Crippen LogP contribution in [0.25, 0.3) is 0 Å². The Kier molecular flexibility index (Phi) is 66.1. The summed E-state index contributed by atoms with van der Waals surface area (Å²) in [6, 6.07) is -1.01. The third kappa shape index (κ3) is 60.9. The summed E-state index contributed by atoms with van der Waals surface area (Å²) in [6.45, 7) is 4.10. The Morgan fingerprint density at radius 1 is 0.304 bits per heavy atom. The zero-order valence-corrected chi connectivity index (χ0v) is 53.4. The highest BCUT2D eigenvalue weighted by atomic mass is 16.3. The summed E-state index contributed by atoms with van der Waals surface area (Å²) in [7, 11) is 0. The molecule has 0 heterocycles. The first-order valence-corrected chi connectivity index (χ1v) is 35.9. The lowest BCUT2D eigenvalue weighted by Crippen LogP contribution is -2.53. The van der Waals surface area contributed by atoms with E-state index in [1.165, 1.54) is 321 Å². The topological polar surface area (TPSA) is 110 Å². The maximum absolute atomic E-state index is 12.7. The van der Waals surface area contributed by atoms with E-state index in [2.05, 4.69) is 55.6 Å². The van der Waals surface area contributed by atoms with E-state index in [1.54, 1.807) is 0 Å². The molecular formula is C73H141NO5. The smallest absolute Gasteiger partial charge is 0.249 e. The van der Waals surface area contributed by atoms with Crippen molar-refractivity contribution in [3.63, 3.8) is 0 Å². The van der Waals surface area contributed by atoms with Gasteiger partial charge in [-0.25, -0.2) is 0 Å². The van der Waals surface area contributed by atoms with Crippen LogP contribution in [0.2, 0.25) is 0 Å². The number of carbonyl (C=O) groups is 1. The molecule has 0 aliphatic carbocycles. The first kappa shape index (κ1) is 77.5. The lowest BCUT2D eigenvalue weighted by molar-refractivity contribution is -0.132. The Balaban J connectivity index is 3.58. The molecule has 0 saturated heterocycles. The highest BCUT2D eigenvalue weighted by molar-refractivity contribution is 5.80. The number of allylic oxidation sites excluding steroid dienone is 6. The summed E-state index contributed by atoms with van der Waals surface area (Å²) < 4.78 is 0. The van der Waals surface area contributed by atoms with Crippen molar-refractivity contribution in [1.29, 1.82) is 0 Å². The van der Waals surface area contributed by atoms with Crippen molar-refractivity contribution in [2.24, 2.45) is 0 Å². The monoisotopic (exact) mass is 1110 g/mol. The minimum atomic E-state index is -1.29. The fourth-order valence-electron chi connectivity index (χ4n) is 11.5. The predicted octanol–water partition coefficient (Wildman–Crippen LogP) is 22.3. The van der Waals surface area contributed by atoms with Gasteiger partial charge >= 0.3 is 0 Å². The number of carbonyl (C=O) groups excluding carboxylic acids is 1. The van der Waals surface area contributed by atoms with Crippen LogP contribution in [0, 0.1) is 0 Å². The second-order valence-corrected chi connectivity index (χ2v) is 24.9. The van der Waals surface area contributed by atoms with E-state index in [-0.39, 0.29) is 0 Å². The molecule has 0 aliphatic heterocycles. The van der Waals surface area contributed by atoms with E-state index in [4.69, 9.17) is 0 Å². The van der Waals surface area contributed by atoms with E-state index >= 15 is 0 Å². The molecule has 0 aromatic heterocycles.